The Balaban J connectivity index is 1.09. The van der Waals surface area contributed by atoms with Gasteiger partial charge in [0.15, 0.2) is 0 Å². The number of imide groups is 1. The molecule has 2 bridgehead atoms. The van der Waals surface area contributed by atoms with Crippen LogP contribution in [0.2, 0.25) is 0 Å². The van der Waals surface area contributed by atoms with Crippen molar-refractivity contribution < 1.29 is 14.4 Å². The van der Waals surface area contributed by atoms with Crippen molar-refractivity contribution in [1.29, 1.82) is 0 Å². The lowest BCUT2D eigenvalue weighted by Crippen LogP contribution is -2.49. The summed E-state index contributed by atoms with van der Waals surface area (Å²) in [6.45, 7) is 8.84. The van der Waals surface area contributed by atoms with Gasteiger partial charge in [0.25, 0.3) is 0 Å². The Morgan fingerprint density at radius 1 is 1.09 bits per heavy atom. The van der Waals surface area contributed by atoms with E-state index < -0.39 is 6.03 Å². The number of fused-ring (bicyclic) bond motifs is 2. The van der Waals surface area contributed by atoms with Gasteiger partial charge in [-0.2, -0.15) is 0 Å². The van der Waals surface area contributed by atoms with Gasteiger partial charge in [-0.15, -0.1) is 0 Å². The molecule has 1 aromatic rings. The van der Waals surface area contributed by atoms with Gasteiger partial charge < -0.3 is 10.6 Å². The third kappa shape index (κ3) is 4.99. The molecule has 3 atom stereocenters. The molecule has 4 rings (SSSR count). The normalized spacial score (nSPS) is 27.7. The number of anilines is 2. The number of hydrogen-bond donors (Lipinski definition) is 3. The third-order valence-electron chi connectivity index (χ3n) is 9.03. The van der Waals surface area contributed by atoms with Gasteiger partial charge in [-0.3, -0.25) is 19.8 Å². The zero-order valence-electron chi connectivity index (χ0n) is 20.9. The summed E-state index contributed by atoms with van der Waals surface area (Å²) in [7, 11) is 0. The molecule has 0 aromatic heterocycles. The van der Waals surface area contributed by atoms with Crippen LogP contribution >= 0.6 is 0 Å². The molecule has 2 aliphatic carbocycles. The minimum atomic E-state index is -0.406. The van der Waals surface area contributed by atoms with Gasteiger partial charge in [0, 0.05) is 36.8 Å². The monoisotopic (exact) mass is 468 g/mol. The minimum absolute atomic E-state index is 0.0179. The summed E-state index contributed by atoms with van der Waals surface area (Å²) in [6, 6.07) is 7.41. The summed E-state index contributed by atoms with van der Waals surface area (Å²) in [5.41, 5.74) is 2.32. The van der Waals surface area contributed by atoms with Crippen LogP contribution in [0.5, 0.6) is 0 Å². The number of nitrogens with zero attached hydrogens (tertiary/aromatic N) is 1. The maximum Gasteiger partial charge on any atom is 0.328 e. The van der Waals surface area contributed by atoms with Crippen molar-refractivity contribution in [3.05, 3.63) is 24.3 Å². The lowest BCUT2D eigenvalue weighted by molar-refractivity contribution is -0.120. The average Bonchev–Trinajstić information content (AvgIpc) is 3.13. The molecule has 0 unspecified atom stereocenters. The van der Waals surface area contributed by atoms with E-state index in [-0.39, 0.29) is 11.8 Å². The highest BCUT2D eigenvalue weighted by Gasteiger charge is 2.60. The molecule has 2 saturated carbocycles. The summed E-state index contributed by atoms with van der Waals surface area (Å²) < 4.78 is 0. The number of carbonyl (C=O) groups excluding carboxylic acids is 3. The van der Waals surface area contributed by atoms with Crippen LogP contribution in [0.15, 0.2) is 24.3 Å². The number of nitrogens with one attached hydrogen (secondary N) is 3. The second kappa shape index (κ2) is 10.1. The van der Waals surface area contributed by atoms with Crippen molar-refractivity contribution in [3.8, 4) is 0 Å². The van der Waals surface area contributed by atoms with Crippen LogP contribution in [0.3, 0.4) is 0 Å². The van der Waals surface area contributed by atoms with E-state index in [1.165, 1.54) is 24.2 Å². The first-order valence-electron chi connectivity index (χ1n) is 13.0. The molecule has 0 radical (unpaired) electrons. The maximum absolute atomic E-state index is 12.3. The molecule has 1 aliphatic heterocycles. The van der Waals surface area contributed by atoms with E-state index in [9.17, 15) is 14.4 Å². The summed E-state index contributed by atoms with van der Waals surface area (Å²) in [5, 5.41) is 9.10. The number of carbonyl (C=O) groups is 3. The zero-order chi connectivity index (χ0) is 24.3. The summed E-state index contributed by atoms with van der Waals surface area (Å²) in [6.07, 6.45) is 9.15. The lowest BCUT2D eigenvalue weighted by atomic mass is 9.69. The van der Waals surface area contributed by atoms with Gasteiger partial charge in [-0.1, -0.05) is 33.6 Å². The van der Waals surface area contributed by atoms with Crippen molar-refractivity contribution in [2.45, 2.75) is 84.6 Å². The second-order valence-corrected chi connectivity index (χ2v) is 11.1. The van der Waals surface area contributed by atoms with Crippen LogP contribution in [-0.4, -0.2) is 37.0 Å². The third-order valence-corrected chi connectivity index (χ3v) is 9.03. The number of hydrogen-bond acceptors (Lipinski definition) is 4. The van der Waals surface area contributed by atoms with Crippen molar-refractivity contribution in [3.63, 3.8) is 0 Å². The van der Waals surface area contributed by atoms with Crippen LogP contribution < -0.4 is 20.9 Å². The Labute approximate surface area is 203 Å². The van der Waals surface area contributed by atoms with E-state index >= 15 is 0 Å². The van der Waals surface area contributed by atoms with Crippen LogP contribution in [-0.2, 0) is 9.59 Å². The Kier molecular flexibility index (Phi) is 7.31. The molecule has 186 valence electrons. The Bertz CT molecular complexity index is 913. The predicted molar refractivity (Wildman–Crippen MR) is 135 cm³/mol. The fourth-order valence-corrected chi connectivity index (χ4v) is 6.31. The van der Waals surface area contributed by atoms with Crippen molar-refractivity contribution >= 4 is 29.2 Å². The average molecular weight is 469 g/mol. The predicted octanol–water partition coefficient (Wildman–Crippen LogP) is 4.83. The van der Waals surface area contributed by atoms with Crippen LogP contribution in [0.25, 0.3) is 0 Å². The molecule has 1 heterocycles. The Morgan fingerprint density at radius 3 is 2.47 bits per heavy atom. The van der Waals surface area contributed by atoms with Gasteiger partial charge in [0.05, 0.1) is 0 Å². The molecule has 3 N–H and O–H groups in total. The molecule has 3 fully saturated rings. The highest BCUT2D eigenvalue weighted by atomic mass is 16.2. The molecule has 34 heavy (non-hydrogen) atoms. The largest absolute Gasteiger partial charge is 0.328 e. The SMILES string of the molecule is CC1(C)[C@@H]2CC[C@@]1(C)[C@@H](NCCCCCCC(=O)Nc1ccc(N3CCC(=O)NC3=O)cc1)C2. The van der Waals surface area contributed by atoms with Crippen molar-refractivity contribution in [2.24, 2.45) is 16.7 Å². The van der Waals surface area contributed by atoms with Crippen molar-refractivity contribution in [2.75, 3.05) is 23.3 Å². The summed E-state index contributed by atoms with van der Waals surface area (Å²) >= 11 is 0. The molecule has 1 aromatic carbocycles. The Hall–Kier alpha value is -2.41. The summed E-state index contributed by atoms with van der Waals surface area (Å²) in [4.78, 5) is 37.0. The quantitative estimate of drug-likeness (QED) is 0.429. The topological polar surface area (TPSA) is 90.5 Å². The van der Waals surface area contributed by atoms with Crippen LogP contribution in [0.4, 0.5) is 16.2 Å². The number of unbranched alkanes of at least 4 members (excludes halogenated alkanes) is 3. The number of benzene rings is 1. The van der Waals surface area contributed by atoms with Gasteiger partial charge in [-0.05, 0) is 79.7 Å². The number of urea groups is 1. The molecular weight excluding hydrogens is 428 g/mol. The first-order chi connectivity index (χ1) is 16.2. The van der Waals surface area contributed by atoms with Gasteiger partial charge in [0.2, 0.25) is 11.8 Å². The first kappa shape index (κ1) is 24.7. The molecule has 4 amide bonds. The van der Waals surface area contributed by atoms with E-state index in [4.69, 9.17) is 0 Å². The smallest absolute Gasteiger partial charge is 0.326 e. The fourth-order valence-electron chi connectivity index (χ4n) is 6.31. The second-order valence-electron chi connectivity index (χ2n) is 11.1. The van der Waals surface area contributed by atoms with Gasteiger partial charge in [0.1, 0.15) is 0 Å². The number of rotatable bonds is 10. The van der Waals surface area contributed by atoms with E-state index in [1.807, 2.05) is 0 Å². The van der Waals surface area contributed by atoms with Crippen LogP contribution in [0.1, 0.15) is 78.6 Å². The van der Waals surface area contributed by atoms with Crippen molar-refractivity contribution in [1.82, 2.24) is 10.6 Å². The van der Waals surface area contributed by atoms with Crippen LogP contribution in [0, 0.1) is 16.7 Å². The zero-order valence-corrected chi connectivity index (χ0v) is 20.9. The molecular formula is C27H40N4O3. The first-order valence-corrected chi connectivity index (χ1v) is 13.0. The molecule has 7 heteroatoms. The number of amides is 4. The highest BCUT2D eigenvalue weighted by Crippen LogP contribution is 2.65. The molecule has 3 aliphatic rings. The lowest BCUT2D eigenvalue weighted by Gasteiger charge is -2.39. The minimum Gasteiger partial charge on any atom is -0.326 e. The van der Waals surface area contributed by atoms with Gasteiger partial charge >= 0.3 is 6.03 Å². The summed E-state index contributed by atoms with van der Waals surface area (Å²) in [5.74, 6) is 0.643. The Morgan fingerprint density at radius 2 is 1.82 bits per heavy atom. The van der Waals surface area contributed by atoms with E-state index in [1.54, 1.807) is 24.3 Å². The van der Waals surface area contributed by atoms with E-state index in [0.29, 0.717) is 47.6 Å². The molecule has 1 saturated heterocycles. The van der Waals surface area contributed by atoms with E-state index in [2.05, 4.69) is 36.7 Å². The van der Waals surface area contributed by atoms with Gasteiger partial charge in [-0.25, -0.2) is 4.79 Å². The van der Waals surface area contributed by atoms with E-state index in [0.717, 1.165) is 38.1 Å². The highest BCUT2D eigenvalue weighted by molar-refractivity contribution is 6.05. The maximum atomic E-state index is 12.3. The fraction of sp³-hybridized carbons (Fsp3) is 0.667. The molecule has 7 nitrogen and oxygen atoms in total. The molecule has 0 spiro atoms. The standard InChI is InChI=1S/C27H40N4O3/c1-26(2)19-13-15-27(26,3)22(18-19)28-16-7-5-4-6-8-23(32)29-20-9-11-21(12-10-20)31-17-14-24(33)30-25(31)34/h9-12,19,22,28H,4-8,13-18H2,1-3H3,(H,29,32)(H,30,33,34)/t19-,22+,27+/m1/s1.